The summed E-state index contributed by atoms with van der Waals surface area (Å²) in [6, 6.07) is 4.81. The molecule has 1 aliphatic rings. The van der Waals surface area contributed by atoms with Crippen molar-refractivity contribution in [2.45, 2.75) is 31.9 Å². The van der Waals surface area contributed by atoms with E-state index in [9.17, 15) is 4.39 Å². The van der Waals surface area contributed by atoms with E-state index in [-0.39, 0.29) is 24.2 Å². The summed E-state index contributed by atoms with van der Waals surface area (Å²) in [5, 5.41) is 0. The molecule has 1 aromatic rings. The number of hydrogen-bond acceptors (Lipinski definition) is 3. The van der Waals surface area contributed by atoms with Crippen molar-refractivity contribution in [1.29, 1.82) is 0 Å². The Morgan fingerprint density at radius 2 is 2.35 bits per heavy atom. The van der Waals surface area contributed by atoms with Crippen molar-refractivity contribution in [1.82, 2.24) is 0 Å². The van der Waals surface area contributed by atoms with Gasteiger partial charge in [0.25, 0.3) is 0 Å². The van der Waals surface area contributed by atoms with Crippen LogP contribution in [0.1, 0.15) is 24.8 Å². The number of halogens is 1. The predicted molar refractivity (Wildman–Crippen MR) is 63.4 cm³/mol. The maximum atomic E-state index is 13.5. The standard InChI is InChI=1S/C13H18FNO2/c14-12-5-1-3-10(9-15)13(12)17-8-6-11-4-2-7-16-11/h1,3,5,11H,2,4,6-9,15H2. The molecule has 3 nitrogen and oxygen atoms in total. The zero-order valence-corrected chi connectivity index (χ0v) is 9.82. The van der Waals surface area contributed by atoms with E-state index in [1.165, 1.54) is 6.07 Å². The zero-order chi connectivity index (χ0) is 12.1. The molecular weight excluding hydrogens is 221 g/mol. The summed E-state index contributed by atoms with van der Waals surface area (Å²) in [4.78, 5) is 0. The lowest BCUT2D eigenvalue weighted by atomic mass is 10.2. The number of benzene rings is 1. The van der Waals surface area contributed by atoms with Crippen molar-refractivity contribution in [3.8, 4) is 5.75 Å². The van der Waals surface area contributed by atoms with E-state index in [4.69, 9.17) is 15.2 Å². The van der Waals surface area contributed by atoms with Gasteiger partial charge in [-0.1, -0.05) is 12.1 Å². The van der Waals surface area contributed by atoms with E-state index >= 15 is 0 Å². The Kier molecular flexibility index (Phi) is 4.34. The van der Waals surface area contributed by atoms with Gasteiger partial charge in [0.05, 0.1) is 12.7 Å². The van der Waals surface area contributed by atoms with E-state index in [1.807, 2.05) is 0 Å². The number of hydrogen-bond donors (Lipinski definition) is 1. The summed E-state index contributed by atoms with van der Waals surface area (Å²) >= 11 is 0. The van der Waals surface area contributed by atoms with Gasteiger partial charge in [-0.2, -0.15) is 0 Å². The highest BCUT2D eigenvalue weighted by atomic mass is 19.1. The van der Waals surface area contributed by atoms with Crippen LogP contribution in [0.25, 0.3) is 0 Å². The smallest absolute Gasteiger partial charge is 0.165 e. The Hall–Kier alpha value is -1.13. The molecule has 2 rings (SSSR count). The van der Waals surface area contributed by atoms with E-state index in [0.29, 0.717) is 12.2 Å². The molecule has 0 amide bonds. The first-order valence-electron chi connectivity index (χ1n) is 6.03. The van der Waals surface area contributed by atoms with Crippen molar-refractivity contribution in [2.75, 3.05) is 13.2 Å². The molecule has 1 aliphatic heterocycles. The van der Waals surface area contributed by atoms with Crippen LogP contribution >= 0.6 is 0 Å². The number of rotatable bonds is 5. The molecule has 4 heteroatoms. The summed E-state index contributed by atoms with van der Waals surface area (Å²) in [5.74, 6) is -0.0618. The molecule has 0 aromatic heterocycles. The summed E-state index contributed by atoms with van der Waals surface area (Å²) in [6.45, 7) is 1.59. The Morgan fingerprint density at radius 1 is 1.47 bits per heavy atom. The van der Waals surface area contributed by atoms with Crippen molar-refractivity contribution >= 4 is 0 Å². The second-order valence-electron chi connectivity index (χ2n) is 4.20. The number of para-hydroxylation sites is 1. The zero-order valence-electron chi connectivity index (χ0n) is 9.82. The van der Waals surface area contributed by atoms with Gasteiger partial charge in [0.1, 0.15) is 0 Å². The summed E-state index contributed by atoms with van der Waals surface area (Å²) in [7, 11) is 0. The maximum absolute atomic E-state index is 13.5. The Bertz CT molecular complexity index is 364. The number of nitrogens with two attached hydrogens (primary N) is 1. The van der Waals surface area contributed by atoms with Gasteiger partial charge in [-0.25, -0.2) is 4.39 Å². The molecule has 1 heterocycles. The minimum Gasteiger partial charge on any atom is -0.490 e. The minimum atomic E-state index is -0.347. The van der Waals surface area contributed by atoms with Crippen LogP contribution in [0.4, 0.5) is 4.39 Å². The molecule has 0 saturated carbocycles. The first kappa shape index (κ1) is 12.3. The molecule has 0 radical (unpaired) electrons. The molecule has 0 spiro atoms. The van der Waals surface area contributed by atoms with Crippen LogP contribution in [0.5, 0.6) is 5.75 Å². The van der Waals surface area contributed by atoms with E-state index in [1.54, 1.807) is 12.1 Å². The van der Waals surface area contributed by atoms with Crippen LogP contribution in [0.3, 0.4) is 0 Å². The third-order valence-electron chi connectivity index (χ3n) is 2.98. The SMILES string of the molecule is NCc1cccc(F)c1OCCC1CCCO1. The van der Waals surface area contributed by atoms with Gasteiger partial charge in [-0.05, 0) is 18.9 Å². The van der Waals surface area contributed by atoms with E-state index < -0.39 is 0 Å². The molecule has 1 aromatic carbocycles. The summed E-state index contributed by atoms with van der Waals surface area (Å²) < 4.78 is 24.5. The van der Waals surface area contributed by atoms with Gasteiger partial charge in [0, 0.05) is 25.1 Å². The van der Waals surface area contributed by atoms with Gasteiger partial charge in [-0.15, -0.1) is 0 Å². The predicted octanol–water partition coefficient (Wildman–Crippen LogP) is 2.23. The van der Waals surface area contributed by atoms with Crippen LogP contribution in [0, 0.1) is 5.82 Å². The third kappa shape index (κ3) is 3.17. The second kappa shape index (κ2) is 5.98. The fraction of sp³-hybridized carbons (Fsp3) is 0.538. The van der Waals surface area contributed by atoms with Gasteiger partial charge >= 0.3 is 0 Å². The Morgan fingerprint density at radius 3 is 3.06 bits per heavy atom. The highest BCUT2D eigenvalue weighted by Gasteiger charge is 2.16. The normalized spacial score (nSPS) is 19.5. The van der Waals surface area contributed by atoms with Gasteiger partial charge < -0.3 is 15.2 Å². The quantitative estimate of drug-likeness (QED) is 0.857. The first-order valence-corrected chi connectivity index (χ1v) is 6.03. The lowest BCUT2D eigenvalue weighted by Crippen LogP contribution is -2.12. The monoisotopic (exact) mass is 239 g/mol. The summed E-state index contributed by atoms with van der Waals surface area (Å²) in [5.41, 5.74) is 6.25. The van der Waals surface area contributed by atoms with Crippen LogP contribution < -0.4 is 10.5 Å². The Labute approximate surface area is 101 Å². The molecule has 0 aliphatic carbocycles. The van der Waals surface area contributed by atoms with E-state index in [0.717, 1.165) is 25.9 Å². The fourth-order valence-corrected chi connectivity index (χ4v) is 2.04. The number of ether oxygens (including phenoxy) is 2. The average molecular weight is 239 g/mol. The van der Waals surface area contributed by atoms with Crippen molar-refractivity contribution < 1.29 is 13.9 Å². The maximum Gasteiger partial charge on any atom is 0.165 e. The van der Waals surface area contributed by atoms with Crippen molar-refractivity contribution in [3.63, 3.8) is 0 Å². The molecule has 2 N–H and O–H groups in total. The topological polar surface area (TPSA) is 44.5 Å². The van der Waals surface area contributed by atoms with Crippen molar-refractivity contribution in [3.05, 3.63) is 29.6 Å². The van der Waals surface area contributed by atoms with Gasteiger partial charge in [0.2, 0.25) is 0 Å². The molecule has 0 bridgehead atoms. The van der Waals surface area contributed by atoms with Crippen LogP contribution in [0.15, 0.2) is 18.2 Å². The molecule has 1 unspecified atom stereocenters. The molecule has 1 atom stereocenters. The van der Waals surface area contributed by atoms with Crippen LogP contribution in [-0.2, 0) is 11.3 Å². The van der Waals surface area contributed by atoms with Crippen LogP contribution in [0.2, 0.25) is 0 Å². The lowest BCUT2D eigenvalue weighted by Gasteiger charge is -2.13. The van der Waals surface area contributed by atoms with Crippen LogP contribution in [-0.4, -0.2) is 19.3 Å². The largest absolute Gasteiger partial charge is 0.490 e. The second-order valence-corrected chi connectivity index (χ2v) is 4.20. The molecule has 17 heavy (non-hydrogen) atoms. The molecule has 1 fully saturated rings. The Balaban J connectivity index is 1.89. The third-order valence-corrected chi connectivity index (χ3v) is 2.98. The molecule has 94 valence electrons. The summed E-state index contributed by atoms with van der Waals surface area (Å²) in [6.07, 6.45) is 3.25. The van der Waals surface area contributed by atoms with Gasteiger partial charge in [-0.3, -0.25) is 0 Å². The first-order chi connectivity index (χ1) is 8.31. The highest BCUT2D eigenvalue weighted by Crippen LogP contribution is 2.23. The molecule has 1 saturated heterocycles. The average Bonchev–Trinajstić information content (AvgIpc) is 2.84. The minimum absolute atomic E-state index is 0.267. The highest BCUT2D eigenvalue weighted by molar-refractivity contribution is 5.34. The lowest BCUT2D eigenvalue weighted by molar-refractivity contribution is 0.0895. The van der Waals surface area contributed by atoms with Crippen molar-refractivity contribution in [2.24, 2.45) is 5.73 Å². The van der Waals surface area contributed by atoms with Gasteiger partial charge in [0.15, 0.2) is 11.6 Å². The molecular formula is C13H18FNO2. The fourth-order valence-electron chi connectivity index (χ4n) is 2.04. The van der Waals surface area contributed by atoms with E-state index in [2.05, 4.69) is 0 Å².